The van der Waals surface area contributed by atoms with Crippen molar-refractivity contribution in [2.24, 2.45) is 0 Å². The van der Waals surface area contributed by atoms with Gasteiger partial charge in [-0.2, -0.15) is 0 Å². The molecule has 0 aromatic heterocycles. The fraction of sp³-hybridized carbons (Fsp3) is 0.368. The van der Waals surface area contributed by atoms with Crippen LogP contribution in [0.15, 0.2) is 59.5 Å². The average Bonchev–Trinajstić information content (AvgIpc) is 2.63. The molecule has 0 aliphatic carbocycles. The van der Waals surface area contributed by atoms with Crippen molar-refractivity contribution < 1.29 is 8.42 Å². The largest absolute Gasteiger partial charge is 0.298 e. The molecule has 1 saturated heterocycles. The van der Waals surface area contributed by atoms with E-state index in [1.807, 2.05) is 12.1 Å². The maximum Gasteiger partial charge on any atom is 0.240 e. The van der Waals surface area contributed by atoms with Crippen LogP contribution in [0.3, 0.4) is 0 Å². The summed E-state index contributed by atoms with van der Waals surface area (Å²) in [7, 11) is -1.93. The number of benzene rings is 2. The molecule has 24 heavy (non-hydrogen) atoms. The summed E-state index contributed by atoms with van der Waals surface area (Å²) in [5, 5.41) is 0. The summed E-state index contributed by atoms with van der Waals surface area (Å²) >= 11 is 0. The van der Waals surface area contributed by atoms with E-state index >= 15 is 0 Å². The molecule has 3 rings (SSSR count). The number of hydrogen-bond donors (Lipinski definition) is 1. The van der Waals surface area contributed by atoms with Crippen molar-refractivity contribution in [2.75, 3.05) is 20.1 Å². The molecular formula is C19H24N2O2S. The van der Waals surface area contributed by atoms with Crippen LogP contribution in [-0.4, -0.2) is 33.5 Å². The molecule has 2 aromatic rings. The maximum absolute atomic E-state index is 11.8. The zero-order valence-corrected chi connectivity index (χ0v) is 14.8. The summed E-state index contributed by atoms with van der Waals surface area (Å²) in [6.45, 7) is 3.02. The lowest BCUT2D eigenvalue weighted by atomic mass is 9.90. The fourth-order valence-electron chi connectivity index (χ4n) is 3.35. The van der Waals surface area contributed by atoms with Crippen LogP contribution >= 0.6 is 0 Å². The van der Waals surface area contributed by atoms with Crippen LogP contribution in [0.25, 0.3) is 0 Å². The number of piperidine rings is 1. The van der Waals surface area contributed by atoms with Crippen LogP contribution < -0.4 is 4.72 Å². The highest BCUT2D eigenvalue weighted by molar-refractivity contribution is 7.89. The number of rotatable bonds is 5. The van der Waals surface area contributed by atoms with E-state index in [9.17, 15) is 8.42 Å². The molecule has 1 atom stereocenters. The fourth-order valence-corrected chi connectivity index (χ4v) is 4.08. The monoisotopic (exact) mass is 344 g/mol. The molecule has 0 amide bonds. The average molecular weight is 344 g/mol. The molecule has 0 saturated carbocycles. The molecule has 0 bridgehead atoms. The summed E-state index contributed by atoms with van der Waals surface area (Å²) < 4.78 is 25.9. The van der Waals surface area contributed by atoms with E-state index in [1.165, 1.54) is 25.5 Å². The van der Waals surface area contributed by atoms with Crippen LogP contribution in [0.5, 0.6) is 0 Å². The molecule has 0 spiro atoms. The Morgan fingerprint density at radius 1 is 1.08 bits per heavy atom. The highest BCUT2D eigenvalue weighted by atomic mass is 32.2. The number of likely N-dealkylation sites (tertiary alicyclic amines) is 1. The number of hydrogen-bond acceptors (Lipinski definition) is 3. The molecule has 2 aromatic carbocycles. The molecule has 128 valence electrons. The molecule has 1 aliphatic heterocycles. The van der Waals surface area contributed by atoms with E-state index in [2.05, 4.69) is 40.0 Å². The van der Waals surface area contributed by atoms with Crippen LogP contribution in [0.4, 0.5) is 0 Å². The topological polar surface area (TPSA) is 49.4 Å². The van der Waals surface area contributed by atoms with Crippen LogP contribution in [0.1, 0.15) is 29.9 Å². The standard InChI is InChI=1S/C19H24N2O2S/c1-20-24(22,23)19-11-9-16(10-12-19)14-21-13-5-8-18(15-21)17-6-3-2-4-7-17/h2-4,6-7,9-12,18,20H,5,8,13-15H2,1H3/t18-/m0/s1. The van der Waals surface area contributed by atoms with E-state index in [0.29, 0.717) is 10.8 Å². The molecule has 0 unspecified atom stereocenters. The summed E-state index contributed by atoms with van der Waals surface area (Å²) in [6.07, 6.45) is 2.44. The van der Waals surface area contributed by atoms with Crippen molar-refractivity contribution in [3.8, 4) is 0 Å². The lowest BCUT2D eigenvalue weighted by molar-refractivity contribution is 0.200. The predicted octanol–water partition coefficient (Wildman–Crippen LogP) is 2.97. The smallest absolute Gasteiger partial charge is 0.240 e. The third kappa shape index (κ3) is 4.04. The Balaban J connectivity index is 1.65. The molecular weight excluding hydrogens is 320 g/mol. The van der Waals surface area contributed by atoms with Gasteiger partial charge in [-0.3, -0.25) is 4.90 Å². The van der Waals surface area contributed by atoms with Gasteiger partial charge in [-0.25, -0.2) is 13.1 Å². The molecule has 1 N–H and O–H groups in total. The maximum atomic E-state index is 11.8. The summed E-state index contributed by atoms with van der Waals surface area (Å²) in [4.78, 5) is 2.78. The van der Waals surface area contributed by atoms with Crippen LogP contribution in [0.2, 0.25) is 0 Å². The predicted molar refractivity (Wildman–Crippen MR) is 96.4 cm³/mol. The van der Waals surface area contributed by atoms with Gasteiger partial charge < -0.3 is 0 Å². The molecule has 5 heteroatoms. The Hall–Kier alpha value is -1.69. The van der Waals surface area contributed by atoms with Gasteiger partial charge in [-0.05, 0) is 55.6 Å². The quantitative estimate of drug-likeness (QED) is 0.907. The second-order valence-electron chi connectivity index (χ2n) is 6.34. The van der Waals surface area contributed by atoms with Crippen molar-refractivity contribution in [3.63, 3.8) is 0 Å². The Kier molecular flexibility index (Phi) is 5.33. The van der Waals surface area contributed by atoms with Crippen molar-refractivity contribution >= 4 is 10.0 Å². The Morgan fingerprint density at radius 2 is 1.79 bits per heavy atom. The highest BCUT2D eigenvalue weighted by Crippen LogP contribution is 2.27. The third-order valence-corrected chi connectivity index (χ3v) is 6.12. The van der Waals surface area contributed by atoms with Gasteiger partial charge in [0.2, 0.25) is 10.0 Å². The highest BCUT2D eigenvalue weighted by Gasteiger charge is 2.21. The van der Waals surface area contributed by atoms with Crippen molar-refractivity contribution in [2.45, 2.75) is 30.2 Å². The minimum atomic E-state index is -3.36. The van der Waals surface area contributed by atoms with Gasteiger partial charge in [0.25, 0.3) is 0 Å². The molecule has 1 fully saturated rings. The zero-order chi connectivity index (χ0) is 17.0. The summed E-state index contributed by atoms with van der Waals surface area (Å²) in [6, 6.07) is 17.9. The van der Waals surface area contributed by atoms with Gasteiger partial charge in [0, 0.05) is 13.1 Å². The first-order valence-corrected chi connectivity index (χ1v) is 9.86. The second kappa shape index (κ2) is 7.47. The van der Waals surface area contributed by atoms with Crippen molar-refractivity contribution in [3.05, 3.63) is 65.7 Å². The first-order valence-electron chi connectivity index (χ1n) is 8.38. The van der Waals surface area contributed by atoms with E-state index < -0.39 is 10.0 Å². The first-order chi connectivity index (χ1) is 11.6. The zero-order valence-electron chi connectivity index (χ0n) is 14.0. The van der Waals surface area contributed by atoms with Gasteiger partial charge in [0.15, 0.2) is 0 Å². The van der Waals surface area contributed by atoms with Crippen LogP contribution in [0, 0.1) is 0 Å². The van der Waals surface area contributed by atoms with Gasteiger partial charge in [-0.15, -0.1) is 0 Å². The lowest BCUT2D eigenvalue weighted by Crippen LogP contribution is -2.33. The van der Waals surface area contributed by atoms with Gasteiger partial charge >= 0.3 is 0 Å². The normalized spacial score (nSPS) is 19.3. The van der Waals surface area contributed by atoms with E-state index in [0.717, 1.165) is 25.2 Å². The summed E-state index contributed by atoms with van der Waals surface area (Å²) in [5.74, 6) is 0.587. The minimum absolute atomic E-state index is 0.314. The molecule has 1 heterocycles. The number of nitrogens with zero attached hydrogens (tertiary/aromatic N) is 1. The van der Waals surface area contributed by atoms with Gasteiger partial charge in [0.1, 0.15) is 0 Å². The lowest BCUT2D eigenvalue weighted by Gasteiger charge is -2.33. The number of sulfonamides is 1. The number of nitrogens with one attached hydrogen (secondary N) is 1. The molecule has 1 aliphatic rings. The second-order valence-corrected chi connectivity index (χ2v) is 8.22. The van der Waals surface area contributed by atoms with Crippen molar-refractivity contribution in [1.82, 2.24) is 9.62 Å². The molecule has 0 radical (unpaired) electrons. The molecule has 4 nitrogen and oxygen atoms in total. The van der Waals surface area contributed by atoms with Crippen LogP contribution in [-0.2, 0) is 16.6 Å². The Morgan fingerprint density at radius 3 is 2.46 bits per heavy atom. The Bertz CT molecular complexity index is 758. The van der Waals surface area contributed by atoms with E-state index in [4.69, 9.17) is 0 Å². The first kappa shape index (κ1) is 17.1. The van der Waals surface area contributed by atoms with Crippen molar-refractivity contribution in [1.29, 1.82) is 0 Å². The van der Waals surface area contributed by atoms with Gasteiger partial charge in [-0.1, -0.05) is 42.5 Å². The van der Waals surface area contributed by atoms with Gasteiger partial charge in [0.05, 0.1) is 4.90 Å². The SMILES string of the molecule is CNS(=O)(=O)c1ccc(CN2CCC[C@H](c3ccccc3)C2)cc1. The third-order valence-electron chi connectivity index (χ3n) is 4.69. The van der Waals surface area contributed by atoms with E-state index in [-0.39, 0.29) is 0 Å². The van der Waals surface area contributed by atoms with E-state index in [1.54, 1.807) is 12.1 Å². The Labute approximate surface area is 144 Å². The summed E-state index contributed by atoms with van der Waals surface area (Å²) in [5.41, 5.74) is 2.57. The minimum Gasteiger partial charge on any atom is -0.298 e.